The number of aryl methyl sites for hydroxylation is 1. The summed E-state index contributed by atoms with van der Waals surface area (Å²) in [6.45, 7) is 8.22. The van der Waals surface area contributed by atoms with Crippen molar-refractivity contribution in [3.05, 3.63) is 29.3 Å². The van der Waals surface area contributed by atoms with Crippen molar-refractivity contribution >= 4 is 29.9 Å². The fourth-order valence-electron chi connectivity index (χ4n) is 2.96. The third-order valence-corrected chi connectivity index (χ3v) is 5.01. The van der Waals surface area contributed by atoms with Crippen LogP contribution in [-0.4, -0.2) is 30.1 Å². The molecule has 6 nitrogen and oxygen atoms in total. The zero-order valence-corrected chi connectivity index (χ0v) is 15.3. The minimum absolute atomic E-state index is 0. The molecule has 1 fully saturated rings. The number of primary amides is 1. The van der Waals surface area contributed by atoms with Crippen molar-refractivity contribution in [1.82, 2.24) is 0 Å². The Morgan fingerprint density at radius 1 is 1.38 bits per heavy atom. The number of hydrogen-bond donors (Lipinski definition) is 3. The lowest BCUT2D eigenvalue weighted by molar-refractivity contribution is -0.166. The van der Waals surface area contributed by atoms with Crippen LogP contribution in [0.3, 0.4) is 0 Å². The van der Waals surface area contributed by atoms with Gasteiger partial charge in [0.15, 0.2) is 0 Å². The Balaban J connectivity index is 0.00000288. The Labute approximate surface area is 148 Å². The van der Waals surface area contributed by atoms with Gasteiger partial charge in [-0.15, -0.1) is 12.4 Å². The maximum Gasteiger partial charge on any atom is 0.248 e. The number of amides is 2. The summed E-state index contributed by atoms with van der Waals surface area (Å²) in [6.07, 6.45) is 0.426. The molecule has 0 radical (unpaired) electrons. The van der Waals surface area contributed by atoms with E-state index in [4.69, 9.17) is 16.2 Å². The Morgan fingerprint density at radius 3 is 2.50 bits per heavy atom. The van der Waals surface area contributed by atoms with E-state index in [1.54, 1.807) is 18.2 Å². The monoisotopic (exact) mass is 355 g/mol. The van der Waals surface area contributed by atoms with Gasteiger partial charge in [0.05, 0.1) is 6.10 Å². The van der Waals surface area contributed by atoms with E-state index < -0.39 is 16.9 Å². The third kappa shape index (κ3) is 3.27. The van der Waals surface area contributed by atoms with E-state index in [9.17, 15) is 9.59 Å². The van der Waals surface area contributed by atoms with Crippen LogP contribution >= 0.6 is 12.4 Å². The minimum Gasteiger partial charge on any atom is -0.378 e. The maximum atomic E-state index is 12.7. The molecule has 2 amide bonds. The van der Waals surface area contributed by atoms with E-state index >= 15 is 0 Å². The lowest BCUT2D eigenvalue weighted by atomic mass is 9.54. The van der Waals surface area contributed by atoms with Gasteiger partial charge in [0.25, 0.3) is 0 Å². The first-order chi connectivity index (χ1) is 10.6. The second-order valence-corrected chi connectivity index (χ2v) is 6.69. The number of anilines is 1. The van der Waals surface area contributed by atoms with Gasteiger partial charge in [0.2, 0.25) is 11.8 Å². The Kier molecular flexibility index (Phi) is 6.03. The van der Waals surface area contributed by atoms with Crippen LogP contribution in [0.15, 0.2) is 18.2 Å². The van der Waals surface area contributed by atoms with E-state index in [2.05, 4.69) is 5.32 Å². The predicted octanol–water partition coefficient (Wildman–Crippen LogP) is 1.99. The molecule has 1 aromatic rings. The summed E-state index contributed by atoms with van der Waals surface area (Å²) in [5, 5.41) is 2.84. The molecule has 1 aromatic carbocycles. The molecule has 2 unspecified atom stereocenters. The summed E-state index contributed by atoms with van der Waals surface area (Å²) in [6, 6.07) is 4.95. The largest absolute Gasteiger partial charge is 0.378 e. The molecule has 0 aliphatic heterocycles. The average Bonchev–Trinajstić information content (AvgIpc) is 2.48. The standard InChI is InChI=1S/C17H25N3O3.ClH/c1-5-23-13-9-17(19,16(13,3)4)15(22)20-12-8-11(14(18)21)7-6-10(12)2;/h6-8,13H,5,9,19H2,1-4H3,(H2,18,21)(H,20,22);1H. The van der Waals surface area contributed by atoms with Gasteiger partial charge >= 0.3 is 0 Å². The molecule has 0 spiro atoms. The van der Waals surface area contributed by atoms with Gasteiger partial charge in [-0.3, -0.25) is 9.59 Å². The molecule has 0 aromatic heterocycles. The second-order valence-electron chi connectivity index (χ2n) is 6.69. The van der Waals surface area contributed by atoms with Crippen LogP contribution in [0, 0.1) is 12.3 Å². The highest BCUT2D eigenvalue weighted by Crippen LogP contribution is 2.50. The number of carbonyl (C=O) groups is 2. The van der Waals surface area contributed by atoms with Gasteiger partial charge < -0.3 is 21.5 Å². The topological polar surface area (TPSA) is 107 Å². The first kappa shape index (κ1) is 20.4. The van der Waals surface area contributed by atoms with Crippen molar-refractivity contribution in [2.45, 2.75) is 45.8 Å². The number of halogens is 1. The predicted molar refractivity (Wildman–Crippen MR) is 96.3 cm³/mol. The van der Waals surface area contributed by atoms with Crippen molar-refractivity contribution < 1.29 is 14.3 Å². The number of nitrogens with two attached hydrogens (primary N) is 2. The van der Waals surface area contributed by atoms with Gasteiger partial charge in [-0.05, 0) is 31.5 Å². The van der Waals surface area contributed by atoms with Crippen LogP contribution < -0.4 is 16.8 Å². The highest BCUT2D eigenvalue weighted by atomic mass is 35.5. The summed E-state index contributed by atoms with van der Waals surface area (Å²) in [5.74, 6) is -0.813. The highest BCUT2D eigenvalue weighted by Gasteiger charge is 2.62. The molecule has 134 valence electrons. The zero-order chi connectivity index (χ0) is 17.4. The van der Waals surface area contributed by atoms with Crippen LogP contribution in [0.2, 0.25) is 0 Å². The minimum atomic E-state index is -1.01. The number of benzene rings is 1. The second kappa shape index (κ2) is 7.09. The van der Waals surface area contributed by atoms with E-state index in [-0.39, 0.29) is 24.4 Å². The van der Waals surface area contributed by atoms with Gasteiger partial charge in [-0.25, -0.2) is 0 Å². The molecule has 0 saturated heterocycles. The number of carbonyl (C=O) groups excluding carboxylic acids is 2. The number of nitrogens with one attached hydrogen (secondary N) is 1. The summed E-state index contributed by atoms with van der Waals surface area (Å²) < 4.78 is 5.64. The zero-order valence-electron chi connectivity index (χ0n) is 14.5. The van der Waals surface area contributed by atoms with Gasteiger partial charge in [-0.1, -0.05) is 19.9 Å². The molecule has 1 aliphatic rings. The average molecular weight is 356 g/mol. The fraction of sp³-hybridized carbons (Fsp3) is 0.529. The number of hydrogen-bond acceptors (Lipinski definition) is 4. The summed E-state index contributed by atoms with van der Waals surface area (Å²) in [5.41, 5.74) is 11.9. The maximum absolute atomic E-state index is 12.7. The van der Waals surface area contributed by atoms with Crippen molar-refractivity contribution in [2.24, 2.45) is 16.9 Å². The van der Waals surface area contributed by atoms with E-state index in [0.717, 1.165) is 5.56 Å². The van der Waals surface area contributed by atoms with E-state index in [1.165, 1.54) is 0 Å². The first-order valence-electron chi connectivity index (χ1n) is 7.76. The van der Waals surface area contributed by atoms with Crippen LogP contribution in [-0.2, 0) is 9.53 Å². The van der Waals surface area contributed by atoms with Gasteiger partial charge in [0.1, 0.15) is 5.54 Å². The Bertz CT molecular complexity index is 648. The van der Waals surface area contributed by atoms with Crippen LogP contribution in [0.4, 0.5) is 5.69 Å². The van der Waals surface area contributed by atoms with Crippen LogP contribution in [0.25, 0.3) is 0 Å². The lowest BCUT2D eigenvalue weighted by Crippen LogP contribution is -2.74. The first-order valence-corrected chi connectivity index (χ1v) is 7.76. The third-order valence-electron chi connectivity index (χ3n) is 5.01. The molecular weight excluding hydrogens is 330 g/mol. The van der Waals surface area contributed by atoms with Crippen molar-refractivity contribution in [3.63, 3.8) is 0 Å². The normalized spacial score (nSPS) is 24.5. The van der Waals surface area contributed by atoms with Gasteiger partial charge in [-0.2, -0.15) is 0 Å². The number of ether oxygens (including phenoxy) is 1. The molecule has 5 N–H and O–H groups in total. The molecule has 24 heavy (non-hydrogen) atoms. The van der Waals surface area contributed by atoms with E-state index in [0.29, 0.717) is 24.3 Å². The molecule has 0 bridgehead atoms. The van der Waals surface area contributed by atoms with Crippen molar-refractivity contribution in [3.8, 4) is 0 Å². The molecule has 0 heterocycles. The highest BCUT2D eigenvalue weighted by molar-refractivity contribution is 6.01. The van der Waals surface area contributed by atoms with Crippen LogP contribution in [0.1, 0.15) is 43.1 Å². The smallest absolute Gasteiger partial charge is 0.248 e. The van der Waals surface area contributed by atoms with Gasteiger partial charge in [0, 0.05) is 29.7 Å². The molecule has 1 saturated carbocycles. The Morgan fingerprint density at radius 2 is 2.00 bits per heavy atom. The molecule has 7 heteroatoms. The molecular formula is C17H26ClN3O3. The summed E-state index contributed by atoms with van der Waals surface area (Å²) in [4.78, 5) is 24.0. The van der Waals surface area contributed by atoms with Crippen molar-refractivity contribution in [1.29, 1.82) is 0 Å². The number of rotatable bonds is 5. The molecule has 1 aliphatic carbocycles. The SMILES string of the molecule is CCOC1CC(N)(C(=O)Nc2cc(C(N)=O)ccc2C)C1(C)C.Cl. The van der Waals surface area contributed by atoms with Crippen molar-refractivity contribution in [2.75, 3.05) is 11.9 Å². The Hall–Kier alpha value is -1.63. The molecule has 2 atom stereocenters. The quantitative estimate of drug-likeness (QED) is 0.750. The molecule has 2 rings (SSSR count). The van der Waals surface area contributed by atoms with Crippen LogP contribution in [0.5, 0.6) is 0 Å². The van der Waals surface area contributed by atoms with E-state index in [1.807, 2.05) is 27.7 Å². The summed E-state index contributed by atoms with van der Waals surface area (Å²) in [7, 11) is 0. The lowest BCUT2D eigenvalue weighted by Gasteiger charge is -2.57. The summed E-state index contributed by atoms with van der Waals surface area (Å²) >= 11 is 0. The fourth-order valence-corrected chi connectivity index (χ4v) is 2.96.